The number of amides is 2. The van der Waals surface area contributed by atoms with E-state index in [1.807, 2.05) is 0 Å². The molecule has 1 aliphatic carbocycles. The van der Waals surface area contributed by atoms with Crippen LogP contribution in [0.1, 0.15) is 25.7 Å². The van der Waals surface area contributed by atoms with Gasteiger partial charge >= 0.3 is 6.09 Å². The van der Waals surface area contributed by atoms with Gasteiger partial charge in [0, 0.05) is 23.4 Å². The van der Waals surface area contributed by atoms with Crippen LogP contribution in [0.15, 0.2) is 53.4 Å². The Morgan fingerprint density at radius 1 is 1.03 bits per heavy atom. The van der Waals surface area contributed by atoms with Crippen LogP contribution in [-0.2, 0) is 19.4 Å². The van der Waals surface area contributed by atoms with Crippen LogP contribution in [0, 0.1) is 0 Å². The zero-order valence-electron chi connectivity index (χ0n) is 16.7. The van der Waals surface area contributed by atoms with Crippen molar-refractivity contribution in [3.05, 3.63) is 53.6 Å². The second-order valence-electron chi connectivity index (χ2n) is 7.19. The van der Waals surface area contributed by atoms with Gasteiger partial charge in [0.1, 0.15) is 0 Å². The van der Waals surface area contributed by atoms with Gasteiger partial charge in [-0.2, -0.15) is 0 Å². The van der Waals surface area contributed by atoms with Crippen molar-refractivity contribution < 1.29 is 22.7 Å². The number of ether oxygens (including phenoxy) is 1. The smallest absolute Gasteiger partial charge is 0.413 e. The second kappa shape index (κ2) is 8.65. The third-order valence-corrected chi connectivity index (χ3v) is 8.19. The van der Waals surface area contributed by atoms with Gasteiger partial charge in [0.15, 0.2) is 14.6 Å². The number of carbonyl (C=O) groups excluding carboxylic acids is 2. The number of nitrogens with zero attached hydrogens (tertiary/aromatic N) is 1. The van der Waals surface area contributed by atoms with Gasteiger partial charge in [-0.3, -0.25) is 9.69 Å². The number of carbonyl (C=O) groups is 2. The van der Waals surface area contributed by atoms with Crippen LogP contribution < -0.4 is 10.2 Å². The summed E-state index contributed by atoms with van der Waals surface area (Å²) in [7, 11) is -1.06. The van der Waals surface area contributed by atoms with Crippen LogP contribution in [0.2, 0.25) is 5.02 Å². The Labute approximate surface area is 180 Å². The minimum Gasteiger partial charge on any atom is -0.452 e. The average molecular weight is 451 g/mol. The average Bonchev–Trinajstić information content (AvgIpc) is 3.25. The fraction of sp³-hybridized carbons (Fsp3) is 0.333. The minimum absolute atomic E-state index is 0.0824. The van der Waals surface area contributed by atoms with Crippen LogP contribution in [-0.4, -0.2) is 39.3 Å². The maximum atomic E-state index is 13.4. The van der Waals surface area contributed by atoms with Gasteiger partial charge in [-0.15, -0.1) is 0 Å². The van der Waals surface area contributed by atoms with Crippen molar-refractivity contribution in [2.45, 2.75) is 35.3 Å². The molecule has 1 N–H and O–H groups in total. The van der Waals surface area contributed by atoms with Crippen LogP contribution in [0.4, 0.5) is 16.2 Å². The zero-order chi connectivity index (χ0) is 21.9. The lowest BCUT2D eigenvalue weighted by Gasteiger charge is -2.28. The Balaban J connectivity index is 1.86. The number of anilines is 2. The number of nitrogens with one attached hydrogen (secondary N) is 1. The molecule has 1 fully saturated rings. The summed E-state index contributed by atoms with van der Waals surface area (Å²) in [4.78, 5) is 26.2. The van der Waals surface area contributed by atoms with Crippen molar-refractivity contribution in [3.63, 3.8) is 0 Å². The van der Waals surface area contributed by atoms with Crippen molar-refractivity contribution in [1.82, 2.24) is 0 Å². The minimum atomic E-state index is -3.91. The van der Waals surface area contributed by atoms with E-state index in [-0.39, 0.29) is 17.7 Å². The van der Waals surface area contributed by atoms with E-state index in [0.29, 0.717) is 29.2 Å². The van der Waals surface area contributed by atoms with E-state index in [0.717, 1.165) is 0 Å². The molecular formula is C21H23ClN2O5S. The maximum absolute atomic E-state index is 13.4. The third kappa shape index (κ3) is 4.02. The predicted octanol–water partition coefficient (Wildman–Crippen LogP) is 4.27. The highest BCUT2D eigenvalue weighted by molar-refractivity contribution is 7.93. The SMILES string of the molecule is COC(=O)N(C)c1ccc(NC(=O)C2(S(=O)(=O)c3ccc(Cl)cc3)CCCC2)cc1. The summed E-state index contributed by atoms with van der Waals surface area (Å²) in [5.41, 5.74) is 1.02. The van der Waals surface area contributed by atoms with Crippen molar-refractivity contribution in [1.29, 1.82) is 0 Å². The normalized spacial score (nSPS) is 15.4. The molecule has 160 valence electrons. The van der Waals surface area contributed by atoms with Gasteiger partial charge in [0.25, 0.3) is 0 Å². The van der Waals surface area contributed by atoms with Crippen molar-refractivity contribution >= 4 is 44.8 Å². The molecule has 2 amide bonds. The van der Waals surface area contributed by atoms with Gasteiger partial charge < -0.3 is 10.1 Å². The van der Waals surface area contributed by atoms with E-state index in [1.165, 1.54) is 36.3 Å². The molecule has 1 aliphatic rings. The monoisotopic (exact) mass is 450 g/mol. The molecular weight excluding hydrogens is 428 g/mol. The Kier molecular flexibility index (Phi) is 6.38. The van der Waals surface area contributed by atoms with Crippen molar-refractivity contribution in [3.8, 4) is 0 Å². The van der Waals surface area contributed by atoms with Gasteiger partial charge in [0.2, 0.25) is 5.91 Å². The van der Waals surface area contributed by atoms with Crippen molar-refractivity contribution in [2.75, 3.05) is 24.4 Å². The van der Waals surface area contributed by atoms with Crippen LogP contribution in [0.5, 0.6) is 0 Å². The molecule has 0 heterocycles. The standard InChI is InChI=1S/C21H23ClN2O5S/c1-24(20(26)29-2)17-9-7-16(8-10-17)23-19(25)21(13-3-4-14-21)30(27,28)18-11-5-15(22)6-12-18/h5-12H,3-4,13-14H2,1-2H3,(H,23,25). The highest BCUT2D eigenvalue weighted by atomic mass is 35.5. The van der Waals surface area contributed by atoms with Gasteiger partial charge in [-0.1, -0.05) is 24.4 Å². The molecule has 0 spiro atoms. The zero-order valence-corrected chi connectivity index (χ0v) is 18.3. The fourth-order valence-electron chi connectivity index (χ4n) is 3.66. The molecule has 9 heteroatoms. The Hall–Kier alpha value is -2.58. The molecule has 2 aromatic rings. The van der Waals surface area contributed by atoms with E-state index in [4.69, 9.17) is 11.6 Å². The number of rotatable bonds is 5. The lowest BCUT2D eigenvalue weighted by atomic mass is 10.1. The topological polar surface area (TPSA) is 92.8 Å². The first-order valence-corrected chi connectivity index (χ1v) is 11.3. The Morgan fingerprint density at radius 2 is 1.60 bits per heavy atom. The molecule has 0 radical (unpaired) electrons. The number of hydrogen-bond donors (Lipinski definition) is 1. The Morgan fingerprint density at radius 3 is 2.13 bits per heavy atom. The largest absolute Gasteiger partial charge is 0.452 e. The third-order valence-electron chi connectivity index (χ3n) is 5.42. The van der Waals surface area contributed by atoms with Gasteiger partial charge in [0.05, 0.1) is 12.0 Å². The first-order valence-electron chi connectivity index (χ1n) is 9.45. The molecule has 0 unspecified atom stereocenters. The van der Waals surface area contributed by atoms with Gasteiger partial charge in [-0.05, 0) is 61.4 Å². The number of methoxy groups -OCH3 is 1. The second-order valence-corrected chi connectivity index (χ2v) is 9.88. The van der Waals surface area contributed by atoms with E-state index in [1.54, 1.807) is 31.3 Å². The van der Waals surface area contributed by atoms with E-state index in [9.17, 15) is 18.0 Å². The van der Waals surface area contributed by atoms with Crippen molar-refractivity contribution in [2.24, 2.45) is 0 Å². The van der Waals surface area contributed by atoms with Crippen LogP contribution >= 0.6 is 11.6 Å². The number of hydrogen-bond acceptors (Lipinski definition) is 5. The summed E-state index contributed by atoms with van der Waals surface area (Å²) in [6.07, 6.45) is 1.30. The molecule has 0 aliphatic heterocycles. The van der Waals surface area contributed by atoms with E-state index < -0.39 is 26.6 Å². The number of benzene rings is 2. The summed E-state index contributed by atoms with van der Waals surface area (Å²) >= 11 is 5.88. The quantitative estimate of drug-likeness (QED) is 0.734. The molecule has 0 aromatic heterocycles. The first kappa shape index (κ1) is 22.1. The molecule has 30 heavy (non-hydrogen) atoms. The fourth-order valence-corrected chi connectivity index (χ4v) is 5.85. The van der Waals surface area contributed by atoms with E-state index >= 15 is 0 Å². The molecule has 0 atom stereocenters. The first-order chi connectivity index (χ1) is 14.2. The molecule has 7 nitrogen and oxygen atoms in total. The maximum Gasteiger partial charge on any atom is 0.413 e. The summed E-state index contributed by atoms with van der Waals surface area (Å²) in [5, 5.41) is 3.17. The van der Waals surface area contributed by atoms with Crippen LogP contribution in [0.25, 0.3) is 0 Å². The highest BCUT2D eigenvalue weighted by Crippen LogP contribution is 2.41. The molecule has 1 saturated carbocycles. The summed E-state index contributed by atoms with van der Waals surface area (Å²) in [6.45, 7) is 0. The summed E-state index contributed by atoms with van der Waals surface area (Å²) in [5.74, 6) is -0.552. The summed E-state index contributed by atoms with van der Waals surface area (Å²) in [6, 6.07) is 12.4. The van der Waals surface area contributed by atoms with Gasteiger partial charge in [-0.25, -0.2) is 13.2 Å². The predicted molar refractivity (Wildman–Crippen MR) is 116 cm³/mol. The number of halogens is 1. The molecule has 0 saturated heterocycles. The highest BCUT2D eigenvalue weighted by Gasteiger charge is 2.52. The molecule has 0 bridgehead atoms. The van der Waals surface area contributed by atoms with Crippen LogP contribution in [0.3, 0.4) is 0 Å². The Bertz CT molecular complexity index is 1030. The number of sulfone groups is 1. The molecule has 2 aromatic carbocycles. The van der Waals surface area contributed by atoms with E-state index in [2.05, 4.69) is 10.1 Å². The lowest BCUT2D eigenvalue weighted by Crippen LogP contribution is -2.47. The summed E-state index contributed by atoms with van der Waals surface area (Å²) < 4.78 is 29.9. The lowest BCUT2D eigenvalue weighted by molar-refractivity contribution is -0.118. The molecule has 3 rings (SSSR count).